The van der Waals surface area contributed by atoms with Gasteiger partial charge >= 0.3 is 0 Å². The summed E-state index contributed by atoms with van der Waals surface area (Å²) < 4.78 is 35.0. The first-order chi connectivity index (χ1) is 18.2. The second kappa shape index (κ2) is 11.7. The van der Waals surface area contributed by atoms with Gasteiger partial charge in [-0.15, -0.1) is 0 Å². The van der Waals surface area contributed by atoms with Crippen molar-refractivity contribution in [2.45, 2.75) is 30.9 Å². The van der Waals surface area contributed by atoms with E-state index in [2.05, 4.69) is 21.8 Å². The molecule has 0 radical (unpaired) electrons. The molecular formula is C28H30N4O5S. The van der Waals surface area contributed by atoms with Crippen LogP contribution in [0.1, 0.15) is 35.3 Å². The van der Waals surface area contributed by atoms with Gasteiger partial charge in [0.2, 0.25) is 10.0 Å². The Morgan fingerprint density at radius 2 is 1.74 bits per heavy atom. The fourth-order valence-electron chi connectivity index (χ4n) is 4.17. The summed E-state index contributed by atoms with van der Waals surface area (Å²) in [6, 6.07) is 10.9. The van der Waals surface area contributed by atoms with Crippen LogP contribution in [0.25, 0.3) is 0 Å². The molecule has 1 aliphatic heterocycles. The van der Waals surface area contributed by atoms with Gasteiger partial charge in [0, 0.05) is 67.0 Å². The molecule has 3 aromatic rings. The average molecular weight is 535 g/mol. The molecule has 0 fully saturated rings. The number of aromatic nitrogens is 2. The van der Waals surface area contributed by atoms with Crippen molar-refractivity contribution in [2.75, 3.05) is 26.7 Å². The number of amides is 1. The lowest BCUT2D eigenvalue weighted by molar-refractivity contribution is 0.0563. The smallest absolute Gasteiger partial charge is 0.253 e. The first-order valence-electron chi connectivity index (χ1n) is 12.2. The maximum absolute atomic E-state index is 13.7. The number of hydrogen-bond acceptors (Lipinski definition) is 7. The summed E-state index contributed by atoms with van der Waals surface area (Å²) in [5.74, 6) is 5.75. The van der Waals surface area contributed by atoms with Gasteiger partial charge in [-0.25, -0.2) is 8.42 Å². The van der Waals surface area contributed by atoms with Crippen molar-refractivity contribution in [3.05, 3.63) is 83.9 Å². The van der Waals surface area contributed by atoms with E-state index in [1.165, 1.54) is 10.4 Å². The lowest BCUT2D eigenvalue weighted by atomic mass is 10.0. The highest BCUT2D eigenvalue weighted by Crippen LogP contribution is 2.34. The van der Waals surface area contributed by atoms with Crippen LogP contribution in [0.4, 0.5) is 0 Å². The molecule has 1 aliphatic rings. The molecule has 0 saturated heterocycles. The maximum Gasteiger partial charge on any atom is 0.253 e. The van der Waals surface area contributed by atoms with Crippen LogP contribution in [-0.2, 0) is 10.0 Å². The molecule has 9 nitrogen and oxygen atoms in total. The number of pyridine rings is 2. The second-order valence-corrected chi connectivity index (χ2v) is 11.2. The van der Waals surface area contributed by atoms with E-state index in [1.54, 1.807) is 80.1 Å². The number of hydrogen-bond donors (Lipinski definition) is 1. The Labute approximate surface area is 223 Å². The Morgan fingerprint density at radius 3 is 2.39 bits per heavy atom. The lowest BCUT2D eigenvalue weighted by Crippen LogP contribution is -2.50. The van der Waals surface area contributed by atoms with E-state index in [-0.39, 0.29) is 42.2 Å². The molecule has 1 aromatic carbocycles. The first kappa shape index (κ1) is 27.3. The summed E-state index contributed by atoms with van der Waals surface area (Å²) in [6.07, 6.45) is 5.87. The number of fused-ring (bicyclic) bond motifs is 1. The van der Waals surface area contributed by atoms with Gasteiger partial charge < -0.3 is 14.7 Å². The molecule has 0 saturated carbocycles. The van der Waals surface area contributed by atoms with Crippen LogP contribution in [0.5, 0.6) is 5.75 Å². The van der Waals surface area contributed by atoms with Gasteiger partial charge in [-0.2, -0.15) is 4.31 Å². The van der Waals surface area contributed by atoms with Crippen molar-refractivity contribution in [1.29, 1.82) is 0 Å². The number of sulfonamides is 1. The predicted octanol–water partition coefficient (Wildman–Crippen LogP) is 2.42. The molecule has 1 amide bonds. The number of carbonyl (C=O) groups excluding carboxylic acids is 1. The maximum atomic E-state index is 13.7. The summed E-state index contributed by atoms with van der Waals surface area (Å²) in [5.41, 5.74) is 1.84. The molecule has 198 valence electrons. The molecule has 0 unspecified atom stereocenters. The summed E-state index contributed by atoms with van der Waals surface area (Å²) in [7, 11) is -2.30. The highest BCUT2D eigenvalue weighted by Gasteiger charge is 2.38. The minimum atomic E-state index is -3.98. The summed E-state index contributed by atoms with van der Waals surface area (Å²) >= 11 is 0. The molecule has 0 spiro atoms. The van der Waals surface area contributed by atoms with Crippen LogP contribution in [0.2, 0.25) is 0 Å². The van der Waals surface area contributed by atoms with Crippen molar-refractivity contribution in [2.24, 2.45) is 5.92 Å². The number of aliphatic hydroxyl groups is 1. The Balaban J connectivity index is 1.72. The van der Waals surface area contributed by atoms with E-state index in [0.717, 1.165) is 5.56 Å². The standard InChI is InChI=1S/C28H30N4O5S/c1-20-17-32(21(2)19-33)38(35,36)27-7-6-23(5-4-22-8-12-29-13-9-22)16-25(27)37-26(20)18-31(3)28(34)24-10-14-30-15-11-24/h6-16,20-21,26,33H,17-19H2,1-3H3/t20-,21+,26+/m0/s1. The van der Waals surface area contributed by atoms with E-state index in [4.69, 9.17) is 4.74 Å². The van der Waals surface area contributed by atoms with Gasteiger partial charge in [0.15, 0.2) is 0 Å². The average Bonchev–Trinajstić information content (AvgIpc) is 2.93. The minimum Gasteiger partial charge on any atom is -0.487 e. The number of nitrogens with zero attached hydrogens (tertiary/aromatic N) is 4. The molecular weight excluding hydrogens is 504 g/mol. The van der Waals surface area contributed by atoms with E-state index >= 15 is 0 Å². The zero-order chi connectivity index (χ0) is 27.3. The third-order valence-corrected chi connectivity index (χ3v) is 8.45. The number of likely N-dealkylation sites (N-methyl/N-ethyl adjacent to an activating group) is 1. The van der Waals surface area contributed by atoms with Gasteiger partial charge in [-0.1, -0.05) is 18.8 Å². The number of rotatable bonds is 5. The molecule has 2 aromatic heterocycles. The quantitative estimate of drug-likeness (QED) is 0.500. The van der Waals surface area contributed by atoms with Crippen molar-refractivity contribution in [3.8, 4) is 17.6 Å². The van der Waals surface area contributed by atoms with E-state index in [0.29, 0.717) is 11.1 Å². The van der Waals surface area contributed by atoms with Crippen molar-refractivity contribution < 1.29 is 23.1 Å². The first-order valence-corrected chi connectivity index (χ1v) is 13.7. The van der Waals surface area contributed by atoms with E-state index in [9.17, 15) is 18.3 Å². The monoisotopic (exact) mass is 534 g/mol. The Hall–Kier alpha value is -3.78. The largest absolute Gasteiger partial charge is 0.487 e. The fraction of sp³-hybridized carbons (Fsp3) is 0.321. The third-order valence-electron chi connectivity index (χ3n) is 6.43. The highest BCUT2D eigenvalue weighted by atomic mass is 32.2. The van der Waals surface area contributed by atoms with Crippen LogP contribution in [0.15, 0.2) is 72.1 Å². The molecule has 3 atom stereocenters. The van der Waals surface area contributed by atoms with E-state index < -0.39 is 22.2 Å². The van der Waals surface area contributed by atoms with Crippen LogP contribution in [0.3, 0.4) is 0 Å². The fourth-order valence-corrected chi connectivity index (χ4v) is 5.99. The molecule has 0 aliphatic carbocycles. The number of aliphatic hydroxyl groups excluding tert-OH is 1. The van der Waals surface area contributed by atoms with Crippen LogP contribution >= 0.6 is 0 Å². The number of carbonyl (C=O) groups is 1. The third kappa shape index (κ3) is 6.02. The summed E-state index contributed by atoms with van der Waals surface area (Å²) in [6.45, 7) is 3.54. The van der Waals surface area contributed by atoms with Gasteiger partial charge in [0.25, 0.3) is 5.91 Å². The van der Waals surface area contributed by atoms with Gasteiger partial charge in [-0.05, 0) is 49.4 Å². The van der Waals surface area contributed by atoms with E-state index in [1.807, 2.05) is 6.92 Å². The van der Waals surface area contributed by atoms with Crippen molar-refractivity contribution in [1.82, 2.24) is 19.2 Å². The molecule has 0 bridgehead atoms. The van der Waals surface area contributed by atoms with Gasteiger partial charge in [-0.3, -0.25) is 14.8 Å². The number of benzene rings is 1. The number of ether oxygens (including phenoxy) is 1. The molecule has 4 rings (SSSR count). The zero-order valence-corrected chi connectivity index (χ0v) is 22.3. The predicted molar refractivity (Wildman–Crippen MR) is 142 cm³/mol. The summed E-state index contributed by atoms with van der Waals surface area (Å²) in [5, 5.41) is 9.83. The minimum absolute atomic E-state index is 0.00715. The van der Waals surface area contributed by atoms with Gasteiger partial charge in [0.1, 0.15) is 16.7 Å². The lowest BCUT2D eigenvalue weighted by Gasteiger charge is -2.37. The zero-order valence-electron chi connectivity index (χ0n) is 21.5. The van der Waals surface area contributed by atoms with Crippen molar-refractivity contribution >= 4 is 15.9 Å². The molecule has 1 N–H and O–H groups in total. The van der Waals surface area contributed by atoms with Crippen LogP contribution in [-0.4, -0.2) is 77.5 Å². The topological polar surface area (TPSA) is 113 Å². The Morgan fingerprint density at radius 1 is 1.11 bits per heavy atom. The normalized spacial score (nSPS) is 19.5. The van der Waals surface area contributed by atoms with Crippen LogP contribution < -0.4 is 4.74 Å². The Bertz CT molecular complexity index is 1440. The second-order valence-electron chi connectivity index (χ2n) is 9.31. The summed E-state index contributed by atoms with van der Waals surface area (Å²) in [4.78, 5) is 22.5. The van der Waals surface area contributed by atoms with Crippen LogP contribution in [0, 0.1) is 17.8 Å². The SMILES string of the molecule is C[C@H](CO)N1C[C@H](C)[C@@H](CN(C)C(=O)c2ccncc2)Oc2cc(C#Cc3ccncc3)ccc2S1(=O)=O. The highest BCUT2D eigenvalue weighted by molar-refractivity contribution is 7.89. The molecule has 3 heterocycles. The Kier molecular flexibility index (Phi) is 8.42. The molecule has 10 heteroatoms. The molecule has 38 heavy (non-hydrogen) atoms. The van der Waals surface area contributed by atoms with Gasteiger partial charge in [0.05, 0.1) is 13.2 Å². The van der Waals surface area contributed by atoms with Crippen molar-refractivity contribution in [3.63, 3.8) is 0 Å².